The number of nitrogens with zero attached hydrogens (tertiary/aromatic N) is 2. The van der Waals surface area contributed by atoms with E-state index in [2.05, 4.69) is 15.5 Å². The molecule has 0 aliphatic carbocycles. The first-order chi connectivity index (χ1) is 14.5. The summed E-state index contributed by atoms with van der Waals surface area (Å²) in [4.78, 5) is 28.2. The van der Waals surface area contributed by atoms with Gasteiger partial charge in [-0.05, 0) is 43.3 Å². The number of hydrogen-bond acceptors (Lipinski definition) is 5. The number of carbonyl (C=O) groups is 2. The molecule has 1 fully saturated rings. The number of carbonyl (C=O) groups excluding carboxylic acids is 2. The number of rotatable bonds is 5. The number of halogens is 1. The summed E-state index contributed by atoms with van der Waals surface area (Å²) in [7, 11) is 1.59. The highest BCUT2D eigenvalue weighted by atomic mass is 35.5. The third kappa shape index (κ3) is 5.27. The lowest BCUT2D eigenvalue weighted by Crippen LogP contribution is -2.49. The number of benzene rings is 2. The molecule has 2 aromatic rings. The number of piperazine rings is 1. The van der Waals surface area contributed by atoms with E-state index in [0.717, 1.165) is 5.69 Å². The second-order valence-electron chi connectivity index (χ2n) is 6.62. The highest BCUT2D eigenvalue weighted by molar-refractivity contribution is 6.34. The van der Waals surface area contributed by atoms with Gasteiger partial charge < -0.3 is 29.9 Å². The summed E-state index contributed by atoms with van der Waals surface area (Å²) in [5, 5.41) is 6.19. The minimum Gasteiger partial charge on any atom is -0.497 e. The van der Waals surface area contributed by atoms with Gasteiger partial charge >= 0.3 is 12.1 Å². The first-order valence-corrected chi connectivity index (χ1v) is 10.1. The summed E-state index contributed by atoms with van der Waals surface area (Å²) in [6.45, 7) is 4.32. The van der Waals surface area contributed by atoms with Gasteiger partial charge in [-0.25, -0.2) is 9.59 Å². The van der Waals surface area contributed by atoms with Gasteiger partial charge in [0.15, 0.2) is 0 Å². The topological polar surface area (TPSA) is 83.1 Å². The van der Waals surface area contributed by atoms with Crippen LogP contribution in [0.2, 0.25) is 5.02 Å². The molecule has 0 atom stereocenters. The quantitative estimate of drug-likeness (QED) is 0.737. The third-order valence-electron chi connectivity index (χ3n) is 4.70. The molecular weight excluding hydrogens is 408 g/mol. The fraction of sp³-hybridized carbons (Fsp3) is 0.333. The summed E-state index contributed by atoms with van der Waals surface area (Å²) < 4.78 is 10.2. The van der Waals surface area contributed by atoms with Crippen LogP contribution in [0, 0.1) is 0 Å². The van der Waals surface area contributed by atoms with Crippen molar-refractivity contribution in [3.05, 3.63) is 47.5 Å². The van der Waals surface area contributed by atoms with Crippen LogP contribution in [-0.2, 0) is 4.74 Å². The van der Waals surface area contributed by atoms with Gasteiger partial charge in [-0.15, -0.1) is 0 Å². The Morgan fingerprint density at radius 3 is 2.37 bits per heavy atom. The van der Waals surface area contributed by atoms with E-state index in [1.54, 1.807) is 61.4 Å². The SMILES string of the molecule is CCOC(=O)N1CCN(c2c(Cl)cccc2NC(=O)Nc2ccc(OC)cc2)CC1. The number of para-hydroxylation sites is 1. The minimum absolute atomic E-state index is 0.312. The Labute approximate surface area is 180 Å². The van der Waals surface area contributed by atoms with Gasteiger partial charge in [0.2, 0.25) is 0 Å². The number of methoxy groups -OCH3 is 1. The van der Waals surface area contributed by atoms with E-state index < -0.39 is 0 Å². The Morgan fingerprint density at radius 2 is 1.73 bits per heavy atom. The lowest BCUT2D eigenvalue weighted by molar-refractivity contribution is 0.105. The number of nitrogens with one attached hydrogen (secondary N) is 2. The molecule has 0 radical (unpaired) electrons. The Balaban J connectivity index is 1.67. The van der Waals surface area contributed by atoms with Crippen LogP contribution in [0.15, 0.2) is 42.5 Å². The van der Waals surface area contributed by atoms with Crippen molar-refractivity contribution in [3.63, 3.8) is 0 Å². The lowest BCUT2D eigenvalue weighted by Gasteiger charge is -2.36. The monoisotopic (exact) mass is 432 g/mol. The Bertz CT molecular complexity index is 883. The maximum absolute atomic E-state index is 12.5. The average Bonchev–Trinajstić information content (AvgIpc) is 2.75. The van der Waals surface area contributed by atoms with Crippen LogP contribution in [-0.4, -0.2) is 56.9 Å². The van der Waals surface area contributed by atoms with Gasteiger partial charge in [-0.3, -0.25) is 0 Å². The first kappa shape index (κ1) is 21.6. The Kier molecular flexibility index (Phi) is 7.24. The van der Waals surface area contributed by atoms with Crippen molar-refractivity contribution in [2.24, 2.45) is 0 Å². The predicted octanol–water partition coefficient (Wildman–Crippen LogP) is 4.27. The second-order valence-corrected chi connectivity index (χ2v) is 7.02. The van der Waals surface area contributed by atoms with Crippen LogP contribution in [0.5, 0.6) is 5.75 Å². The van der Waals surface area contributed by atoms with Crippen LogP contribution in [0.3, 0.4) is 0 Å². The Morgan fingerprint density at radius 1 is 1.03 bits per heavy atom. The van der Waals surface area contributed by atoms with Crippen molar-refractivity contribution in [3.8, 4) is 5.75 Å². The van der Waals surface area contributed by atoms with E-state index in [0.29, 0.717) is 54.9 Å². The van der Waals surface area contributed by atoms with Crippen LogP contribution in [0.1, 0.15) is 6.92 Å². The average molecular weight is 433 g/mol. The fourth-order valence-corrected chi connectivity index (χ4v) is 3.52. The normalized spacial score (nSPS) is 13.6. The van der Waals surface area contributed by atoms with E-state index in [1.165, 1.54) is 0 Å². The van der Waals surface area contributed by atoms with E-state index in [-0.39, 0.29) is 12.1 Å². The second kappa shape index (κ2) is 10.1. The van der Waals surface area contributed by atoms with E-state index in [1.807, 2.05) is 0 Å². The number of urea groups is 1. The molecule has 1 aliphatic heterocycles. The predicted molar refractivity (Wildman–Crippen MR) is 118 cm³/mol. The zero-order chi connectivity index (χ0) is 21.5. The smallest absolute Gasteiger partial charge is 0.409 e. The van der Waals surface area contributed by atoms with Crippen LogP contribution in [0.25, 0.3) is 0 Å². The molecular formula is C21H25ClN4O4. The summed E-state index contributed by atoms with van der Waals surface area (Å²) in [5.74, 6) is 0.708. The molecule has 0 bridgehead atoms. The summed E-state index contributed by atoms with van der Waals surface area (Å²) >= 11 is 6.46. The molecule has 160 valence electrons. The van der Waals surface area contributed by atoms with Crippen molar-refractivity contribution in [2.45, 2.75) is 6.92 Å². The van der Waals surface area contributed by atoms with Crippen molar-refractivity contribution >= 4 is 40.8 Å². The highest BCUT2D eigenvalue weighted by Crippen LogP contribution is 2.34. The summed E-state index contributed by atoms with van der Waals surface area (Å²) in [5.41, 5.74) is 1.96. The molecule has 0 aromatic heterocycles. The van der Waals surface area contributed by atoms with Crippen molar-refractivity contribution < 1.29 is 19.1 Å². The van der Waals surface area contributed by atoms with Gasteiger partial charge in [0.05, 0.1) is 30.1 Å². The Hall–Kier alpha value is -3.13. The molecule has 1 aliphatic rings. The van der Waals surface area contributed by atoms with Crippen LogP contribution in [0.4, 0.5) is 26.7 Å². The van der Waals surface area contributed by atoms with E-state index in [4.69, 9.17) is 21.1 Å². The number of anilines is 3. The van der Waals surface area contributed by atoms with Crippen LogP contribution < -0.4 is 20.3 Å². The number of hydrogen-bond donors (Lipinski definition) is 2. The number of amides is 3. The zero-order valence-electron chi connectivity index (χ0n) is 17.0. The molecule has 1 saturated heterocycles. The molecule has 1 heterocycles. The van der Waals surface area contributed by atoms with Crippen molar-refractivity contribution in [1.29, 1.82) is 0 Å². The largest absolute Gasteiger partial charge is 0.497 e. The van der Waals surface area contributed by atoms with Gasteiger partial charge in [-0.2, -0.15) is 0 Å². The maximum atomic E-state index is 12.5. The molecule has 3 rings (SSSR count). The first-order valence-electron chi connectivity index (χ1n) is 9.69. The molecule has 30 heavy (non-hydrogen) atoms. The molecule has 3 amide bonds. The van der Waals surface area contributed by atoms with Crippen LogP contribution >= 0.6 is 11.6 Å². The molecule has 2 aromatic carbocycles. The van der Waals surface area contributed by atoms with Crippen molar-refractivity contribution in [1.82, 2.24) is 4.90 Å². The molecule has 2 N–H and O–H groups in total. The highest BCUT2D eigenvalue weighted by Gasteiger charge is 2.25. The lowest BCUT2D eigenvalue weighted by atomic mass is 10.2. The number of ether oxygens (including phenoxy) is 2. The fourth-order valence-electron chi connectivity index (χ4n) is 3.22. The van der Waals surface area contributed by atoms with Gasteiger partial charge in [-0.1, -0.05) is 17.7 Å². The molecule has 8 nitrogen and oxygen atoms in total. The van der Waals surface area contributed by atoms with E-state index >= 15 is 0 Å². The third-order valence-corrected chi connectivity index (χ3v) is 5.01. The molecule has 0 spiro atoms. The standard InChI is InChI=1S/C21H25ClN4O4/c1-3-30-21(28)26-13-11-25(12-14-26)19-17(22)5-4-6-18(19)24-20(27)23-15-7-9-16(29-2)10-8-15/h4-10H,3,11-14H2,1-2H3,(H2,23,24,27). The van der Waals surface area contributed by atoms with Gasteiger partial charge in [0, 0.05) is 31.9 Å². The molecule has 0 saturated carbocycles. The minimum atomic E-state index is -0.381. The molecule has 0 unspecified atom stereocenters. The van der Waals surface area contributed by atoms with Crippen molar-refractivity contribution in [2.75, 3.05) is 55.4 Å². The zero-order valence-corrected chi connectivity index (χ0v) is 17.7. The maximum Gasteiger partial charge on any atom is 0.409 e. The summed E-state index contributed by atoms with van der Waals surface area (Å²) in [6.07, 6.45) is -0.312. The van der Waals surface area contributed by atoms with E-state index in [9.17, 15) is 9.59 Å². The molecule has 9 heteroatoms. The summed E-state index contributed by atoms with van der Waals surface area (Å²) in [6, 6.07) is 12.0. The van der Waals surface area contributed by atoms with Gasteiger partial charge in [0.25, 0.3) is 0 Å². The van der Waals surface area contributed by atoms with Gasteiger partial charge in [0.1, 0.15) is 5.75 Å².